The van der Waals surface area contributed by atoms with Crippen LogP contribution in [0.4, 0.5) is 0 Å². The molecule has 1 heterocycles. The number of aromatic nitrogens is 1. The Labute approximate surface area is 124 Å². The lowest BCUT2D eigenvalue weighted by Crippen LogP contribution is -2.01. The van der Waals surface area contributed by atoms with Crippen LogP contribution in [0.1, 0.15) is 10.7 Å². The average Bonchev–Trinajstić information content (AvgIpc) is 2.82. The van der Waals surface area contributed by atoms with Gasteiger partial charge in [-0.15, -0.1) is 22.9 Å². The highest BCUT2D eigenvalue weighted by molar-refractivity contribution is 7.09. The van der Waals surface area contributed by atoms with E-state index in [1.807, 2.05) is 5.38 Å². The first-order valence-electron chi connectivity index (χ1n) is 5.26. The van der Waals surface area contributed by atoms with Gasteiger partial charge in [0.25, 0.3) is 0 Å². The molecule has 0 aliphatic heterocycles. The molecule has 1 aromatic heterocycles. The van der Waals surface area contributed by atoms with Crippen LogP contribution in [-0.2, 0) is 12.3 Å². The van der Waals surface area contributed by atoms with Gasteiger partial charge in [-0.2, -0.15) is 0 Å². The van der Waals surface area contributed by atoms with Gasteiger partial charge in [0.15, 0.2) is 0 Å². The van der Waals surface area contributed by atoms with Crippen LogP contribution in [0.2, 0.25) is 10.0 Å². The van der Waals surface area contributed by atoms with E-state index < -0.39 is 0 Å². The van der Waals surface area contributed by atoms with Crippen LogP contribution < -0.4 is 4.74 Å². The molecule has 0 spiro atoms. The fourth-order valence-corrected chi connectivity index (χ4v) is 2.72. The number of hydrogen-bond acceptors (Lipinski definition) is 3. The van der Waals surface area contributed by atoms with Crippen molar-refractivity contribution in [2.75, 3.05) is 6.61 Å². The number of hydrogen-bond donors (Lipinski definition) is 0. The lowest BCUT2D eigenvalue weighted by Gasteiger charge is -2.07. The molecule has 2 nitrogen and oxygen atoms in total. The Kier molecular flexibility index (Phi) is 5.13. The van der Waals surface area contributed by atoms with Crippen molar-refractivity contribution in [3.63, 3.8) is 0 Å². The SMILES string of the molecule is ClCc1csc(CCOc2cccc(Cl)c2Cl)n1. The van der Waals surface area contributed by atoms with Gasteiger partial charge in [0, 0.05) is 11.8 Å². The number of ether oxygens (including phenoxy) is 1. The Bertz CT molecular complexity index is 530. The van der Waals surface area contributed by atoms with E-state index in [1.165, 1.54) is 0 Å². The second kappa shape index (κ2) is 6.62. The van der Waals surface area contributed by atoms with E-state index in [1.54, 1.807) is 29.5 Å². The van der Waals surface area contributed by atoms with Crippen molar-refractivity contribution in [3.8, 4) is 5.75 Å². The first kappa shape index (κ1) is 13.9. The molecule has 6 heteroatoms. The molecule has 0 fully saturated rings. The predicted molar refractivity (Wildman–Crippen MR) is 77.3 cm³/mol. The van der Waals surface area contributed by atoms with Gasteiger partial charge in [-0.25, -0.2) is 4.98 Å². The van der Waals surface area contributed by atoms with E-state index in [0.717, 1.165) is 17.1 Å². The minimum atomic E-state index is 0.442. The Hall–Kier alpha value is -0.480. The molecule has 0 aliphatic rings. The van der Waals surface area contributed by atoms with Crippen LogP contribution in [-0.4, -0.2) is 11.6 Å². The molecule has 96 valence electrons. The second-order valence-corrected chi connectivity index (χ2v) is 5.51. The monoisotopic (exact) mass is 321 g/mol. The molecule has 0 saturated carbocycles. The molecule has 0 N–H and O–H groups in total. The number of rotatable bonds is 5. The molecule has 0 bridgehead atoms. The molecule has 0 atom stereocenters. The van der Waals surface area contributed by atoms with Crippen LogP contribution in [0.25, 0.3) is 0 Å². The minimum Gasteiger partial charge on any atom is -0.492 e. The number of alkyl halides is 1. The summed E-state index contributed by atoms with van der Waals surface area (Å²) in [4.78, 5) is 4.35. The molecule has 2 aromatic rings. The third-order valence-electron chi connectivity index (χ3n) is 2.23. The van der Waals surface area contributed by atoms with E-state index in [9.17, 15) is 0 Å². The van der Waals surface area contributed by atoms with Gasteiger partial charge in [0.1, 0.15) is 10.8 Å². The van der Waals surface area contributed by atoms with Crippen LogP contribution in [0.5, 0.6) is 5.75 Å². The summed E-state index contributed by atoms with van der Waals surface area (Å²) in [6, 6.07) is 5.32. The highest BCUT2D eigenvalue weighted by Gasteiger charge is 2.06. The maximum atomic E-state index is 6.01. The summed E-state index contributed by atoms with van der Waals surface area (Å²) in [5.41, 5.74) is 0.900. The number of halogens is 3. The summed E-state index contributed by atoms with van der Waals surface area (Å²) >= 11 is 19.2. The summed E-state index contributed by atoms with van der Waals surface area (Å²) in [7, 11) is 0. The molecular weight excluding hydrogens is 313 g/mol. The highest BCUT2D eigenvalue weighted by atomic mass is 35.5. The van der Waals surface area contributed by atoms with Crippen molar-refractivity contribution in [1.29, 1.82) is 0 Å². The zero-order chi connectivity index (χ0) is 13.0. The standard InChI is InChI=1S/C12H10Cl3NOS/c13-6-8-7-18-11(16-8)4-5-17-10-3-1-2-9(14)12(10)15/h1-3,7H,4-6H2. The van der Waals surface area contributed by atoms with Crippen molar-refractivity contribution in [1.82, 2.24) is 4.98 Å². The third kappa shape index (κ3) is 3.51. The molecule has 18 heavy (non-hydrogen) atoms. The molecular formula is C12H10Cl3NOS. The average molecular weight is 323 g/mol. The van der Waals surface area contributed by atoms with Crippen LogP contribution >= 0.6 is 46.1 Å². The Morgan fingerprint density at radius 2 is 2.11 bits per heavy atom. The summed E-state index contributed by atoms with van der Waals surface area (Å²) in [5.74, 6) is 1.04. The first-order chi connectivity index (χ1) is 8.70. The molecule has 0 saturated heterocycles. The van der Waals surface area contributed by atoms with E-state index in [4.69, 9.17) is 39.5 Å². The topological polar surface area (TPSA) is 22.1 Å². The van der Waals surface area contributed by atoms with Gasteiger partial charge in [-0.3, -0.25) is 0 Å². The van der Waals surface area contributed by atoms with E-state index in [-0.39, 0.29) is 0 Å². The van der Waals surface area contributed by atoms with Gasteiger partial charge < -0.3 is 4.74 Å². The maximum Gasteiger partial charge on any atom is 0.139 e. The number of thiazole rings is 1. The van der Waals surface area contributed by atoms with Gasteiger partial charge in [0.2, 0.25) is 0 Å². The van der Waals surface area contributed by atoms with E-state index in [2.05, 4.69) is 4.98 Å². The zero-order valence-electron chi connectivity index (χ0n) is 9.33. The summed E-state index contributed by atoms with van der Waals surface area (Å²) in [5, 5.41) is 3.89. The van der Waals surface area contributed by atoms with Crippen molar-refractivity contribution in [2.24, 2.45) is 0 Å². The Balaban J connectivity index is 1.90. The van der Waals surface area contributed by atoms with Gasteiger partial charge in [-0.05, 0) is 12.1 Å². The lowest BCUT2D eigenvalue weighted by molar-refractivity contribution is 0.322. The molecule has 0 unspecified atom stereocenters. The minimum absolute atomic E-state index is 0.442. The van der Waals surface area contributed by atoms with Crippen LogP contribution in [0.3, 0.4) is 0 Å². The van der Waals surface area contributed by atoms with Crippen molar-refractivity contribution in [3.05, 3.63) is 44.3 Å². The third-order valence-corrected chi connectivity index (χ3v) is 4.26. The fourth-order valence-electron chi connectivity index (χ4n) is 1.37. The predicted octanol–water partition coefficient (Wildman–Crippen LogP) is 4.81. The molecule has 0 radical (unpaired) electrons. The number of nitrogens with zero attached hydrogens (tertiary/aromatic N) is 1. The van der Waals surface area contributed by atoms with Gasteiger partial charge >= 0.3 is 0 Å². The smallest absolute Gasteiger partial charge is 0.139 e. The highest BCUT2D eigenvalue weighted by Crippen LogP contribution is 2.31. The Morgan fingerprint density at radius 3 is 2.83 bits per heavy atom. The quantitative estimate of drug-likeness (QED) is 0.737. The summed E-state index contributed by atoms with van der Waals surface area (Å²) < 4.78 is 5.58. The molecule has 0 aliphatic carbocycles. The first-order valence-corrected chi connectivity index (χ1v) is 7.43. The van der Waals surface area contributed by atoms with Crippen LogP contribution in [0.15, 0.2) is 23.6 Å². The largest absolute Gasteiger partial charge is 0.492 e. The Morgan fingerprint density at radius 1 is 1.28 bits per heavy atom. The maximum absolute atomic E-state index is 6.01. The summed E-state index contributed by atoms with van der Waals surface area (Å²) in [6.45, 7) is 0.509. The van der Waals surface area contributed by atoms with E-state index in [0.29, 0.717) is 28.3 Å². The zero-order valence-corrected chi connectivity index (χ0v) is 12.4. The fraction of sp³-hybridized carbons (Fsp3) is 0.250. The van der Waals surface area contributed by atoms with Gasteiger partial charge in [-0.1, -0.05) is 29.3 Å². The van der Waals surface area contributed by atoms with Crippen molar-refractivity contribution in [2.45, 2.75) is 12.3 Å². The van der Waals surface area contributed by atoms with Crippen LogP contribution in [0, 0.1) is 0 Å². The second-order valence-electron chi connectivity index (χ2n) is 3.52. The van der Waals surface area contributed by atoms with Crippen molar-refractivity contribution < 1.29 is 4.74 Å². The normalized spacial score (nSPS) is 10.6. The molecule has 0 amide bonds. The lowest BCUT2D eigenvalue weighted by atomic mass is 10.3. The number of benzene rings is 1. The van der Waals surface area contributed by atoms with Gasteiger partial charge in [0.05, 0.1) is 28.2 Å². The molecule has 1 aromatic carbocycles. The molecule has 2 rings (SSSR count). The van der Waals surface area contributed by atoms with E-state index >= 15 is 0 Å². The summed E-state index contributed by atoms with van der Waals surface area (Å²) in [6.07, 6.45) is 0.727. The van der Waals surface area contributed by atoms with Crippen molar-refractivity contribution >= 4 is 46.1 Å².